The van der Waals surface area contributed by atoms with Crippen LogP contribution in [0.3, 0.4) is 0 Å². The zero-order valence-corrected chi connectivity index (χ0v) is 20.0. The summed E-state index contributed by atoms with van der Waals surface area (Å²) in [6.45, 7) is 4.48. The Morgan fingerprint density at radius 2 is 2.06 bits per heavy atom. The molecule has 2 aromatic heterocycles. The van der Waals surface area contributed by atoms with Crippen LogP contribution in [0.25, 0.3) is 11.3 Å². The molecule has 4 aromatic rings. The van der Waals surface area contributed by atoms with Crippen LogP contribution in [0.2, 0.25) is 0 Å². The predicted octanol–water partition coefficient (Wildman–Crippen LogP) is 6.20. The van der Waals surface area contributed by atoms with Gasteiger partial charge < -0.3 is 9.52 Å². The summed E-state index contributed by atoms with van der Waals surface area (Å²) in [4.78, 5) is 19.4. The Balaban J connectivity index is 1.34. The number of thiophene rings is 1. The molecule has 5 rings (SSSR count). The number of carboxylic acids is 1. The van der Waals surface area contributed by atoms with Crippen LogP contribution in [-0.4, -0.2) is 28.7 Å². The number of aliphatic imine (C=N–C) groups is 1. The van der Waals surface area contributed by atoms with E-state index in [0.29, 0.717) is 22.1 Å². The molecular weight excluding hydrogens is 458 g/mol. The summed E-state index contributed by atoms with van der Waals surface area (Å²) in [5, 5.41) is 19.7. The van der Waals surface area contributed by atoms with Crippen LogP contribution < -0.4 is 0 Å². The van der Waals surface area contributed by atoms with Crippen LogP contribution in [0.4, 0.5) is 5.00 Å². The summed E-state index contributed by atoms with van der Waals surface area (Å²) in [7, 11) is 0. The average Bonchev–Trinajstić information content (AvgIpc) is 3.47. The highest BCUT2D eigenvalue weighted by Crippen LogP contribution is 2.39. The topological polar surface area (TPSA) is 89.8 Å². The van der Waals surface area contributed by atoms with Crippen molar-refractivity contribution in [2.24, 2.45) is 4.99 Å². The SMILES string of the molecule is Cc1cc(C(=O)O)ccc1-c1ccc(C=Nc2sc3c(c2C#N)CCN(Cc2ccccc2)C3)o1. The lowest BCUT2D eigenvalue weighted by atomic mass is 10.0. The van der Waals surface area contributed by atoms with E-state index in [2.05, 4.69) is 40.2 Å². The first-order valence-corrected chi connectivity index (χ1v) is 12.1. The van der Waals surface area contributed by atoms with E-state index >= 15 is 0 Å². The summed E-state index contributed by atoms with van der Waals surface area (Å²) < 4.78 is 5.95. The van der Waals surface area contributed by atoms with E-state index in [0.717, 1.165) is 42.7 Å². The van der Waals surface area contributed by atoms with E-state index in [9.17, 15) is 15.2 Å². The molecule has 2 aromatic carbocycles. The van der Waals surface area contributed by atoms with Crippen molar-refractivity contribution >= 4 is 28.5 Å². The van der Waals surface area contributed by atoms with Crippen molar-refractivity contribution < 1.29 is 14.3 Å². The van der Waals surface area contributed by atoms with Gasteiger partial charge in [0.05, 0.1) is 17.3 Å². The third-order valence-electron chi connectivity index (χ3n) is 6.15. The fraction of sp³-hybridized carbons (Fsp3) is 0.179. The van der Waals surface area contributed by atoms with E-state index < -0.39 is 5.97 Å². The number of aromatic carboxylic acids is 1. The van der Waals surface area contributed by atoms with E-state index in [1.807, 2.05) is 25.1 Å². The van der Waals surface area contributed by atoms with Crippen molar-refractivity contribution in [3.05, 3.63) is 99.1 Å². The first-order valence-electron chi connectivity index (χ1n) is 11.3. The minimum Gasteiger partial charge on any atom is -0.478 e. The zero-order valence-electron chi connectivity index (χ0n) is 19.2. The molecule has 0 aliphatic carbocycles. The monoisotopic (exact) mass is 481 g/mol. The van der Waals surface area contributed by atoms with Gasteiger partial charge in [0.15, 0.2) is 0 Å². The molecule has 0 fully saturated rings. The number of benzene rings is 2. The van der Waals surface area contributed by atoms with E-state index in [-0.39, 0.29) is 5.56 Å². The minimum atomic E-state index is -0.956. The van der Waals surface area contributed by atoms with Gasteiger partial charge in [-0.2, -0.15) is 5.26 Å². The molecule has 0 radical (unpaired) electrons. The Bertz CT molecular complexity index is 1460. The third kappa shape index (κ3) is 4.80. The average molecular weight is 482 g/mol. The lowest BCUT2D eigenvalue weighted by Crippen LogP contribution is -2.29. The molecule has 0 bridgehead atoms. The molecule has 0 saturated heterocycles. The summed E-state index contributed by atoms with van der Waals surface area (Å²) in [5.74, 6) is 0.258. The van der Waals surface area contributed by atoms with Crippen LogP contribution in [0, 0.1) is 18.3 Å². The van der Waals surface area contributed by atoms with Crippen molar-refractivity contribution in [1.82, 2.24) is 4.90 Å². The van der Waals surface area contributed by atoms with Gasteiger partial charge in [-0.25, -0.2) is 9.79 Å². The Hall–Kier alpha value is -3.99. The molecule has 174 valence electrons. The van der Waals surface area contributed by atoms with Crippen molar-refractivity contribution in [3.63, 3.8) is 0 Å². The number of carbonyl (C=O) groups is 1. The summed E-state index contributed by atoms with van der Waals surface area (Å²) in [6.07, 6.45) is 2.48. The largest absolute Gasteiger partial charge is 0.478 e. The quantitative estimate of drug-likeness (QED) is 0.331. The van der Waals surface area contributed by atoms with Gasteiger partial charge in [-0.3, -0.25) is 4.90 Å². The smallest absolute Gasteiger partial charge is 0.335 e. The van der Waals surface area contributed by atoms with Crippen LogP contribution in [0.15, 0.2) is 70.1 Å². The van der Waals surface area contributed by atoms with Crippen LogP contribution in [-0.2, 0) is 19.5 Å². The summed E-state index contributed by atoms with van der Waals surface area (Å²) >= 11 is 1.57. The van der Waals surface area contributed by atoms with Gasteiger partial charge in [-0.05, 0) is 54.3 Å². The second-order valence-electron chi connectivity index (χ2n) is 8.54. The molecule has 3 heterocycles. The molecular formula is C28H23N3O3S. The van der Waals surface area contributed by atoms with Crippen LogP contribution in [0.1, 0.15) is 43.2 Å². The van der Waals surface area contributed by atoms with E-state index in [1.54, 1.807) is 35.8 Å². The molecule has 0 spiro atoms. The van der Waals surface area contributed by atoms with Crippen molar-refractivity contribution in [2.75, 3.05) is 6.54 Å². The van der Waals surface area contributed by atoms with E-state index in [4.69, 9.17) is 4.42 Å². The lowest BCUT2D eigenvalue weighted by Gasteiger charge is -2.26. The molecule has 7 heteroatoms. The highest BCUT2D eigenvalue weighted by molar-refractivity contribution is 7.16. The zero-order chi connectivity index (χ0) is 24.4. The first-order chi connectivity index (χ1) is 17.0. The van der Waals surface area contributed by atoms with Crippen LogP contribution in [0.5, 0.6) is 0 Å². The van der Waals surface area contributed by atoms with Crippen molar-refractivity contribution in [1.29, 1.82) is 5.26 Å². The van der Waals surface area contributed by atoms with Gasteiger partial charge in [-0.1, -0.05) is 36.4 Å². The molecule has 1 aliphatic heterocycles. The highest BCUT2D eigenvalue weighted by atomic mass is 32.1. The molecule has 6 nitrogen and oxygen atoms in total. The fourth-order valence-corrected chi connectivity index (χ4v) is 5.57. The number of rotatable bonds is 6. The predicted molar refractivity (Wildman–Crippen MR) is 136 cm³/mol. The Morgan fingerprint density at radius 3 is 2.80 bits per heavy atom. The third-order valence-corrected chi connectivity index (χ3v) is 7.28. The molecule has 0 saturated carbocycles. The number of aryl methyl sites for hydroxylation is 1. The number of nitrogens with zero attached hydrogens (tertiary/aromatic N) is 3. The first kappa shape index (κ1) is 22.8. The Kier molecular flexibility index (Phi) is 6.32. The summed E-state index contributed by atoms with van der Waals surface area (Å²) in [5.41, 5.74) is 4.95. The molecule has 0 atom stereocenters. The molecule has 35 heavy (non-hydrogen) atoms. The minimum absolute atomic E-state index is 0.243. The second-order valence-corrected chi connectivity index (χ2v) is 9.62. The summed E-state index contributed by atoms with van der Waals surface area (Å²) in [6, 6.07) is 21.4. The Morgan fingerprint density at radius 1 is 1.23 bits per heavy atom. The van der Waals surface area contributed by atoms with Gasteiger partial charge in [-0.15, -0.1) is 11.3 Å². The van der Waals surface area contributed by atoms with Gasteiger partial charge in [0.1, 0.15) is 22.6 Å². The van der Waals surface area contributed by atoms with Crippen LogP contribution >= 0.6 is 11.3 Å². The van der Waals surface area contributed by atoms with Gasteiger partial charge in [0, 0.05) is 30.1 Å². The number of hydrogen-bond acceptors (Lipinski definition) is 6. The molecule has 0 amide bonds. The maximum Gasteiger partial charge on any atom is 0.335 e. The lowest BCUT2D eigenvalue weighted by molar-refractivity contribution is 0.0697. The van der Waals surface area contributed by atoms with E-state index in [1.165, 1.54) is 10.4 Å². The van der Waals surface area contributed by atoms with Gasteiger partial charge in [0.25, 0.3) is 0 Å². The highest BCUT2D eigenvalue weighted by Gasteiger charge is 2.24. The fourth-order valence-electron chi connectivity index (χ4n) is 4.39. The molecule has 1 N–H and O–H groups in total. The second kappa shape index (κ2) is 9.71. The maximum atomic E-state index is 11.2. The van der Waals surface area contributed by atoms with Crippen molar-refractivity contribution in [3.8, 4) is 17.4 Å². The maximum absolute atomic E-state index is 11.2. The molecule has 0 unspecified atom stereocenters. The van der Waals surface area contributed by atoms with Gasteiger partial charge >= 0.3 is 5.97 Å². The normalized spacial score (nSPS) is 13.6. The van der Waals surface area contributed by atoms with Crippen molar-refractivity contribution in [2.45, 2.75) is 26.4 Å². The number of fused-ring (bicyclic) bond motifs is 1. The number of hydrogen-bond donors (Lipinski definition) is 1. The van der Waals surface area contributed by atoms with Gasteiger partial charge in [0.2, 0.25) is 0 Å². The number of carboxylic acid groups (broad SMARTS) is 1. The number of nitriles is 1. The number of furan rings is 1. The molecule has 1 aliphatic rings. The standard InChI is InChI=1S/C28H23N3O3S/c1-18-13-20(28(32)33)7-9-22(18)25-10-8-21(34-25)15-30-27-24(14-29)23-11-12-31(17-26(23)35-27)16-19-5-3-2-4-6-19/h2-10,13,15H,11-12,16-17H2,1H3,(H,32,33). The Labute approximate surface area is 207 Å².